The van der Waals surface area contributed by atoms with E-state index in [2.05, 4.69) is 4.98 Å². The molecule has 0 fully saturated rings. The van der Waals surface area contributed by atoms with Crippen LogP contribution in [0.25, 0.3) is 0 Å². The topological polar surface area (TPSA) is 42.1 Å². The molecule has 0 saturated carbocycles. The van der Waals surface area contributed by atoms with Crippen LogP contribution in [0.15, 0.2) is 6.20 Å². The van der Waals surface area contributed by atoms with Gasteiger partial charge in [0, 0.05) is 6.20 Å². The molecule has 0 aliphatic carbocycles. The van der Waals surface area contributed by atoms with Crippen molar-refractivity contribution in [3.05, 3.63) is 15.0 Å². The molecule has 3 nitrogen and oxygen atoms in total. The molecule has 0 unspecified atom stereocenters. The maximum absolute atomic E-state index is 11.0. The van der Waals surface area contributed by atoms with Gasteiger partial charge in [0.2, 0.25) is 0 Å². The van der Waals surface area contributed by atoms with Crippen LogP contribution in [-0.4, -0.2) is 17.6 Å². The normalized spacial score (nSPS) is 9.55. The van der Waals surface area contributed by atoms with E-state index in [1.165, 1.54) is 11.3 Å². The molecule has 0 bridgehead atoms. The molecular weight excluding hydrogens is 182 g/mol. The Labute approximate surface area is 73.0 Å². The van der Waals surface area contributed by atoms with Crippen molar-refractivity contribution < 1.29 is 9.53 Å². The molecule has 11 heavy (non-hydrogen) atoms. The van der Waals surface area contributed by atoms with E-state index in [0.717, 1.165) is 0 Å². The summed E-state index contributed by atoms with van der Waals surface area (Å²) in [5.41, 5.74) is 0. The van der Waals surface area contributed by atoms with Gasteiger partial charge in [-0.05, 0) is 19.1 Å². The van der Waals surface area contributed by atoms with Crippen LogP contribution < -0.4 is 0 Å². The molecule has 0 aliphatic rings. The zero-order chi connectivity index (χ0) is 8.27. The Morgan fingerprint density at radius 1 is 1.91 bits per heavy atom. The summed E-state index contributed by atoms with van der Waals surface area (Å²) in [4.78, 5) is 14.2. The second-order valence-corrected chi connectivity index (χ2v) is 3.48. The van der Waals surface area contributed by atoms with Crippen molar-refractivity contribution in [3.63, 3.8) is 0 Å². The lowest BCUT2D eigenvalue weighted by Crippen LogP contribution is -2.01. The summed E-state index contributed by atoms with van der Waals surface area (Å²) in [5.74, 6) is -0.315. The number of aromatic nitrogens is 1. The Hall–Kier alpha value is -0.680. The highest BCUT2D eigenvalue weighted by Gasteiger charge is 2.06. The first-order valence-corrected chi connectivity index (χ1v) is 4.32. The SMILES string of the molecule is CCOC(=O)c1c[nH]c(=S)s1. The minimum Gasteiger partial charge on any atom is -0.462 e. The van der Waals surface area contributed by atoms with Gasteiger partial charge in [0.05, 0.1) is 6.61 Å². The van der Waals surface area contributed by atoms with Gasteiger partial charge < -0.3 is 9.72 Å². The third kappa shape index (κ3) is 2.13. The molecule has 5 heteroatoms. The molecular formula is C6H7NO2S2. The maximum Gasteiger partial charge on any atom is 0.349 e. The van der Waals surface area contributed by atoms with Gasteiger partial charge in [-0.3, -0.25) is 0 Å². The van der Waals surface area contributed by atoms with Crippen molar-refractivity contribution in [1.29, 1.82) is 0 Å². The smallest absolute Gasteiger partial charge is 0.349 e. The minimum absolute atomic E-state index is 0.315. The van der Waals surface area contributed by atoms with E-state index in [1.807, 2.05) is 0 Å². The minimum atomic E-state index is -0.315. The van der Waals surface area contributed by atoms with Gasteiger partial charge in [0.15, 0.2) is 3.95 Å². The van der Waals surface area contributed by atoms with Gasteiger partial charge in [0.25, 0.3) is 0 Å². The maximum atomic E-state index is 11.0. The van der Waals surface area contributed by atoms with Crippen molar-refractivity contribution >= 4 is 29.5 Å². The predicted octanol–water partition coefficient (Wildman–Crippen LogP) is 1.98. The molecule has 0 atom stereocenters. The molecule has 0 aliphatic heterocycles. The monoisotopic (exact) mass is 189 g/mol. The highest BCUT2D eigenvalue weighted by molar-refractivity contribution is 7.73. The van der Waals surface area contributed by atoms with E-state index in [9.17, 15) is 4.79 Å². The van der Waals surface area contributed by atoms with Crippen LogP contribution >= 0.6 is 23.6 Å². The number of thiazole rings is 1. The zero-order valence-electron chi connectivity index (χ0n) is 5.92. The highest BCUT2D eigenvalue weighted by Crippen LogP contribution is 2.09. The standard InChI is InChI=1S/C6H7NO2S2/c1-2-9-5(8)4-3-7-6(10)11-4/h3H,2H2,1H3,(H,7,10). The zero-order valence-corrected chi connectivity index (χ0v) is 7.55. The van der Waals surface area contributed by atoms with E-state index in [4.69, 9.17) is 17.0 Å². The number of H-pyrrole nitrogens is 1. The van der Waals surface area contributed by atoms with Crippen LogP contribution in [-0.2, 0) is 4.74 Å². The van der Waals surface area contributed by atoms with Crippen molar-refractivity contribution in [1.82, 2.24) is 4.98 Å². The summed E-state index contributed by atoms with van der Waals surface area (Å²) in [6.45, 7) is 2.16. The van der Waals surface area contributed by atoms with Crippen molar-refractivity contribution in [2.45, 2.75) is 6.92 Å². The second kappa shape index (κ2) is 3.64. The molecule has 0 radical (unpaired) electrons. The quantitative estimate of drug-likeness (QED) is 0.571. The molecule has 0 amide bonds. The van der Waals surface area contributed by atoms with E-state index < -0.39 is 0 Å². The number of hydrogen-bond donors (Lipinski definition) is 1. The third-order valence-electron chi connectivity index (χ3n) is 1.00. The van der Waals surface area contributed by atoms with Crippen molar-refractivity contribution in [2.24, 2.45) is 0 Å². The first-order chi connectivity index (χ1) is 5.24. The average molecular weight is 189 g/mol. The predicted molar refractivity (Wildman–Crippen MR) is 45.5 cm³/mol. The molecule has 1 N–H and O–H groups in total. The Bertz CT molecular complexity index is 302. The molecule has 1 aromatic rings. The lowest BCUT2D eigenvalue weighted by molar-refractivity contribution is 0.0532. The Morgan fingerprint density at radius 3 is 3.09 bits per heavy atom. The number of hydrogen-bond acceptors (Lipinski definition) is 4. The van der Waals surface area contributed by atoms with E-state index >= 15 is 0 Å². The van der Waals surface area contributed by atoms with Crippen LogP contribution in [0, 0.1) is 3.95 Å². The van der Waals surface area contributed by atoms with Gasteiger partial charge in [-0.2, -0.15) is 0 Å². The molecule has 0 spiro atoms. The van der Waals surface area contributed by atoms with Crippen LogP contribution in [0.4, 0.5) is 0 Å². The molecule has 1 aromatic heterocycles. The molecule has 1 heterocycles. The lowest BCUT2D eigenvalue weighted by atomic mass is 10.6. The Morgan fingerprint density at radius 2 is 2.64 bits per heavy atom. The van der Waals surface area contributed by atoms with Gasteiger partial charge >= 0.3 is 5.97 Å². The summed E-state index contributed by atoms with van der Waals surface area (Å²) in [5, 5.41) is 0. The van der Waals surface area contributed by atoms with E-state index in [1.54, 1.807) is 13.1 Å². The summed E-state index contributed by atoms with van der Waals surface area (Å²) >= 11 is 6.01. The van der Waals surface area contributed by atoms with Crippen LogP contribution in [0.3, 0.4) is 0 Å². The highest BCUT2D eigenvalue weighted by atomic mass is 32.1. The van der Waals surface area contributed by atoms with Crippen LogP contribution in [0.2, 0.25) is 0 Å². The summed E-state index contributed by atoms with van der Waals surface area (Å²) < 4.78 is 5.34. The number of carbonyl (C=O) groups is 1. The summed E-state index contributed by atoms with van der Waals surface area (Å²) in [6.07, 6.45) is 1.56. The Kier molecular flexibility index (Phi) is 2.78. The largest absolute Gasteiger partial charge is 0.462 e. The number of carbonyl (C=O) groups excluding carboxylic acids is 1. The van der Waals surface area contributed by atoms with Gasteiger partial charge in [0.1, 0.15) is 4.88 Å². The lowest BCUT2D eigenvalue weighted by Gasteiger charge is -1.95. The fraction of sp³-hybridized carbons (Fsp3) is 0.333. The fourth-order valence-corrected chi connectivity index (χ4v) is 1.49. The van der Waals surface area contributed by atoms with Crippen molar-refractivity contribution in [3.8, 4) is 0 Å². The fourth-order valence-electron chi connectivity index (χ4n) is 0.586. The van der Waals surface area contributed by atoms with Gasteiger partial charge in [-0.25, -0.2) is 4.79 Å². The van der Waals surface area contributed by atoms with Gasteiger partial charge in [-0.15, -0.1) is 0 Å². The molecule has 0 saturated heterocycles. The average Bonchev–Trinajstić information content (AvgIpc) is 2.36. The molecule has 1 rings (SSSR count). The van der Waals surface area contributed by atoms with Crippen LogP contribution in [0.5, 0.6) is 0 Å². The second-order valence-electron chi connectivity index (χ2n) is 1.76. The summed E-state index contributed by atoms with van der Waals surface area (Å²) in [7, 11) is 0. The van der Waals surface area contributed by atoms with Crippen LogP contribution in [0.1, 0.15) is 16.6 Å². The molecule has 60 valence electrons. The van der Waals surface area contributed by atoms with E-state index in [0.29, 0.717) is 15.4 Å². The van der Waals surface area contributed by atoms with Gasteiger partial charge in [-0.1, -0.05) is 11.3 Å². The van der Waals surface area contributed by atoms with E-state index in [-0.39, 0.29) is 5.97 Å². The summed E-state index contributed by atoms with van der Waals surface area (Å²) in [6, 6.07) is 0. The number of esters is 1. The number of rotatable bonds is 2. The number of aromatic amines is 1. The van der Waals surface area contributed by atoms with Crippen molar-refractivity contribution in [2.75, 3.05) is 6.61 Å². The first kappa shape index (κ1) is 8.42. The Balaban J connectivity index is 2.76. The molecule has 0 aromatic carbocycles. The third-order valence-corrected chi connectivity index (χ3v) is 2.18. The first-order valence-electron chi connectivity index (χ1n) is 3.09. The number of ether oxygens (including phenoxy) is 1. The number of nitrogens with one attached hydrogen (secondary N) is 1.